The van der Waals surface area contributed by atoms with Gasteiger partial charge in [0.1, 0.15) is 5.82 Å². The van der Waals surface area contributed by atoms with E-state index in [9.17, 15) is 9.18 Å². The predicted molar refractivity (Wildman–Crippen MR) is 75.7 cm³/mol. The number of hydrogen-bond donors (Lipinski definition) is 2. The number of carbonyl (C=O) groups excluding carboxylic acids is 1. The van der Waals surface area contributed by atoms with Gasteiger partial charge in [0.2, 0.25) is 5.91 Å². The molecular formula is C16H16FNO2. The summed E-state index contributed by atoms with van der Waals surface area (Å²) in [5.74, 6) is -0.367. The summed E-state index contributed by atoms with van der Waals surface area (Å²) >= 11 is 0. The van der Waals surface area contributed by atoms with Crippen LogP contribution in [0.3, 0.4) is 0 Å². The second kappa shape index (κ2) is 6.82. The standard InChI is InChI=1S/C16H16FNO2/c17-14-6-1-12(2-7-14)5-10-16(20)18-15-8-3-13(11-19)4-9-15/h1-4,6-9,19H,5,10-11H2,(H,18,20). The number of amides is 1. The first kappa shape index (κ1) is 14.2. The van der Waals surface area contributed by atoms with Gasteiger partial charge >= 0.3 is 0 Å². The van der Waals surface area contributed by atoms with Crippen LogP contribution in [-0.4, -0.2) is 11.0 Å². The number of rotatable bonds is 5. The molecule has 0 aliphatic rings. The molecule has 0 radical (unpaired) electrons. The number of aliphatic hydroxyl groups excluding tert-OH is 1. The van der Waals surface area contributed by atoms with Gasteiger partial charge in [0.25, 0.3) is 0 Å². The van der Waals surface area contributed by atoms with Crippen LogP contribution in [-0.2, 0) is 17.8 Å². The van der Waals surface area contributed by atoms with Crippen molar-refractivity contribution in [1.82, 2.24) is 0 Å². The molecule has 2 rings (SSSR count). The number of nitrogens with one attached hydrogen (secondary N) is 1. The molecule has 3 nitrogen and oxygen atoms in total. The maximum Gasteiger partial charge on any atom is 0.224 e. The van der Waals surface area contributed by atoms with E-state index in [0.717, 1.165) is 11.1 Å². The molecule has 0 atom stereocenters. The highest BCUT2D eigenvalue weighted by Crippen LogP contribution is 2.11. The zero-order valence-electron chi connectivity index (χ0n) is 11.0. The summed E-state index contributed by atoms with van der Waals surface area (Å²) in [6.45, 7) is -0.0151. The molecule has 1 amide bonds. The first-order valence-corrected chi connectivity index (χ1v) is 6.41. The summed E-state index contributed by atoms with van der Waals surface area (Å²) in [5, 5.41) is 11.7. The summed E-state index contributed by atoms with van der Waals surface area (Å²) in [6, 6.07) is 13.2. The summed E-state index contributed by atoms with van der Waals surface area (Å²) in [6.07, 6.45) is 0.911. The first-order chi connectivity index (χ1) is 9.67. The van der Waals surface area contributed by atoms with Crippen molar-refractivity contribution >= 4 is 11.6 Å². The van der Waals surface area contributed by atoms with Crippen molar-refractivity contribution in [2.75, 3.05) is 5.32 Å². The monoisotopic (exact) mass is 273 g/mol. The molecule has 0 unspecified atom stereocenters. The number of aliphatic hydroxyl groups is 1. The molecule has 0 aromatic heterocycles. The van der Waals surface area contributed by atoms with Gasteiger partial charge in [0, 0.05) is 12.1 Å². The first-order valence-electron chi connectivity index (χ1n) is 6.41. The third kappa shape index (κ3) is 4.17. The Bertz CT molecular complexity index is 564. The fourth-order valence-corrected chi connectivity index (χ4v) is 1.83. The molecule has 0 fully saturated rings. The van der Waals surface area contributed by atoms with Gasteiger partial charge in [0.15, 0.2) is 0 Å². The molecule has 2 N–H and O–H groups in total. The van der Waals surface area contributed by atoms with Gasteiger partial charge in [0.05, 0.1) is 6.61 Å². The minimum Gasteiger partial charge on any atom is -0.392 e. The molecule has 0 aliphatic carbocycles. The number of aryl methyl sites for hydroxylation is 1. The Morgan fingerprint density at radius 3 is 2.20 bits per heavy atom. The third-order valence-electron chi connectivity index (χ3n) is 2.97. The van der Waals surface area contributed by atoms with Crippen LogP contribution in [0.4, 0.5) is 10.1 Å². The Morgan fingerprint density at radius 1 is 1.00 bits per heavy atom. The molecule has 4 heteroatoms. The normalized spacial score (nSPS) is 10.3. The lowest BCUT2D eigenvalue weighted by atomic mass is 10.1. The van der Waals surface area contributed by atoms with E-state index in [1.165, 1.54) is 12.1 Å². The van der Waals surface area contributed by atoms with E-state index >= 15 is 0 Å². The van der Waals surface area contributed by atoms with Gasteiger partial charge < -0.3 is 10.4 Å². The smallest absolute Gasteiger partial charge is 0.224 e. The summed E-state index contributed by atoms with van der Waals surface area (Å²) < 4.78 is 12.7. The molecule has 0 saturated heterocycles. The van der Waals surface area contributed by atoms with E-state index in [2.05, 4.69) is 5.32 Å². The van der Waals surface area contributed by atoms with E-state index in [-0.39, 0.29) is 18.3 Å². The fraction of sp³-hybridized carbons (Fsp3) is 0.188. The highest BCUT2D eigenvalue weighted by molar-refractivity contribution is 5.90. The Hall–Kier alpha value is -2.20. The highest BCUT2D eigenvalue weighted by Gasteiger charge is 2.03. The zero-order chi connectivity index (χ0) is 14.4. The highest BCUT2D eigenvalue weighted by atomic mass is 19.1. The van der Waals surface area contributed by atoms with Crippen LogP contribution >= 0.6 is 0 Å². The van der Waals surface area contributed by atoms with Crippen LogP contribution in [0.2, 0.25) is 0 Å². The van der Waals surface area contributed by atoms with Crippen molar-refractivity contribution < 1.29 is 14.3 Å². The van der Waals surface area contributed by atoms with E-state index in [1.54, 1.807) is 36.4 Å². The molecular weight excluding hydrogens is 257 g/mol. The van der Waals surface area contributed by atoms with E-state index in [1.807, 2.05) is 0 Å². The van der Waals surface area contributed by atoms with Gasteiger partial charge in [-0.1, -0.05) is 24.3 Å². The Morgan fingerprint density at radius 2 is 1.60 bits per heavy atom. The van der Waals surface area contributed by atoms with Crippen LogP contribution < -0.4 is 5.32 Å². The van der Waals surface area contributed by atoms with Gasteiger partial charge in [-0.05, 0) is 41.8 Å². The maximum atomic E-state index is 12.7. The molecule has 0 heterocycles. The molecule has 20 heavy (non-hydrogen) atoms. The Kier molecular flexibility index (Phi) is 4.85. The predicted octanol–water partition coefficient (Wildman–Crippen LogP) is 2.89. The van der Waals surface area contributed by atoms with E-state index in [0.29, 0.717) is 18.5 Å². The van der Waals surface area contributed by atoms with Crippen molar-refractivity contribution in [3.05, 3.63) is 65.5 Å². The van der Waals surface area contributed by atoms with E-state index in [4.69, 9.17) is 5.11 Å². The number of anilines is 1. The maximum absolute atomic E-state index is 12.7. The summed E-state index contributed by atoms with van der Waals surface area (Å²) in [7, 11) is 0. The quantitative estimate of drug-likeness (QED) is 0.880. The van der Waals surface area contributed by atoms with Crippen molar-refractivity contribution in [2.45, 2.75) is 19.4 Å². The van der Waals surface area contributed by atoms with E-state index < -0.39 is 0 Å². The Labute approximate surface area is 117 Å². The number of hydrogen-bond acceptors (Lipinski definition) is 2. The van der Waals surface area contributed by atoms with Crippen LogP contribution in [0.15, 0.2) is 48.5 Å². The minimum absolute atomic E-state index is 0.0151. The lowest BCUT2D eigenvalue weighted by molar-refractivity contribution is -0.116. The second-order valence-corrected chi connectivity index (χ2v) is 4.53. The average Bonchev–Trinajstić information content (AvgIpc) is 2.47. The summed E-state index contributed by atoms with van der Waals surface area (Å²) in [5.41, 5.74) is 2.43. The second-order valence-electron chi connectivity index (χ2n) is 4.53. The van der Waals surface area contributed by atoms with Crippen molar-refractivity contribution in [2.24, 2.45) is 0 Å². The molecule has 2 aromatic carbocycles. The lowest BCUT2D eigenvalue weighted by Crippen LogP contribution is -2.12. The molecule has 0 aliphatic heterocycles. The number of benzene rings is 2. The van der Waals surface area contributed by atoms with Gasteiger partial charge in [-0.25, -0.2) is 4.39 Å². The SMILES string of the molecule is O=C(CCc1ccc(F)cc1)Nc1ccc(CO)cc1. The summed E-state index contributed by atoms with van der Waals surface area (Å²) in [4.78, 5) is 11.8. The van der Waals surface area contributed by atoms with Crippen molar-refractivity contribution in [3.63, 3.8) is 0 Å². The average molecular weight is 273 g/mol. The molecule has 0 bridgehead atoms. The van der Waals surface area contributed by atoms with Crippen LogP contribution in [0.5, 0.6) is 0 Å². The third-order valence-corrected chi connectivity index (χ3v) is 2.97. The zero-order valence-corrected chi connectivity index (χ0v) is 11.0. The minimum atomic E-state index is -0.276. The number of carbonyl (C=O) groups is 1. The van der Waals surface area contributed by atoms with Gasteiger partial charge in [-0.2, -0.15) is 0 Å². The van der Waals surface area contributed by atoms with Crippen LogP contribution in [0.1, 0.15) is 17.5 Å². The molecule has 2 aromatic rings. The molecule has 0 saturated carbocycles. The van der Waals surface area contributed by atoms with Crippen molar-refractivity contribution in [3.8, 4) is 0 Å². The fourth-order valence-electron chi connectivity index (χ4n) is 1.83. The number of halogens is 1. The topological polar surface area (TPSA) is 49.3 Å². The lowest BCUT2D eigenvalue weighted by Gasteiger charge is -2.06. The molecule has 104 valence electrons. The van der Waals surface area contributed by atoms with Crippen molar-refractivity contribution in [1.29, 1.82) is 0 Å². The van der Waals surface area contributed by atoms with Crippen LogP contribution in [0, 0.1) is 5.82 Å². The van der Waals surface area contributed by atoms with Gasteiger partial charge in [-0.15, -0.1) is 0 Å². The molecule has 0 spiro atoms. The Balaban J connectivity index is 1.84. The van der Waals surface area contributed by atoms with Gasteiger partial charge in [-0.3, -0.25) is 4.79 Å². The largest absolute Gasteiger partial charge is 0.392 e. The van der Waals surface area contributed by atoms with Crippen LogP contribution in [0.25, 0.3) is 0 Å².